The molecule has 2 aromatic rings. The van der Waals surface area contributed by atoms with Gasteiger partial charge in [0.25, 0.3) is 5.56 Å². The quantitative estimate of drug-likeness (QED) is 0.842. The smallest absolute Gasteiger partial charge is 0.264 e. The molecule has 0 bridgehead atoms. The van der Waals surface area contributed by atoms with E-state index in [1.807, 2.05) is 30.1 Å². The van der Waals surface area contributed by atoms with Crippen LogP contribution >= 0.6 is 0 Å². The van der Waals surface area contributed by atoms with Gasteiger partial charge in [0.05, 0.1) is 0 Å². The molecule has 0 atom stereocenters. The van der Waals surface area contributed by atoms with Crippen molar-refractivity contribution in [3.05, 3.63) is 58.4 Å². The minimum absolute atomic E-state index is 0.183. The van der Waals surface area contributed by atoms with E-state index in [4.69, 9.17) is 0 Å². The van der Waals surface area contributed by atoms with Crippen LogP contribution in [0.3, 0.4) is 0 Å². The van der Waals surface area contributed by atoms with Gasteiger partial charge in [-0.15, -0.1) is 0 Å². The predicted octanol–water partition coefficient (Wildman–Crippen LogP) is 1.41. The lowest BCUT2D eigenvalue weighted by Crippen LogP contribution is -2.19. The van der Waals surface area contributed by atoms with Gasteiger partial charge in [-0.05, 0) is 11.6 Å². The number of H-pyrrole nitrogens is 1. The average Bonchev–Trinajstić information content (AvgIpc) is 2.31. The fraction of sp³-hybridized carbons (Fsp3) is 0.167. The summed E-state index contributed by atoms with van der Waals surface area (Å²) in [5.74, 6) is 0.753. The van der Waals surface area contributed by atoms with Gasteiger partial charge < -0.3 is 4.90 Å². The molecular formula is C12H13N3O. The summed E-state index contributed by atoms with van der Waals surface area (Å²) in [5, 5.41) is 6.38. The zero-order chi connectivity index (χ0) is 11.4. The molecule has 4 nitrogen and oxygen atoms in total. The SMILES string of the molecule is CN(Cc1ccccc1)c1ccc(=O)[nH]n1. The van der Waals surface area contributed by atoms with Crippen molar-refractivity contribution in [3.8, 4) is 0 Å². The molecule has 0 unspecified atom stereocenters. The van der Waals surface area contributed by atoms with Gasteiger partial charge in [-0.1, -0.05) is 30.3 Å². The number of hydrogen-bond acceptors (Lipinski definition) is 3. The fourth-order valence-corrected chi connectivity index (χ4v) is 1.49. The summed E-state index contributed by atoms with van der Waals surface area (Å²) in [6.45, 7) is 0.764. The van der Waals surface area contributed by atoms with Gasteiger partial charge in [-0.3, -0.25) is 4.79 Å². The van der Waals surface area contributed by atoms with Gasteiger partial charge in [0.15, 0.2) is 0 Å². The number of benzene rings is 1. The van der Waals surface area contributed by atoms with E-state index in [1.54, 1.807) is 6.07 Å². The first kappa shape index (κ1) is 10.4. The van der Waals surface area contributed by atoms with Crippen LogP contribution in [0.2, 0.25) is 0 Å². The van der Waals surface area contributed by atoms with Gasteiger partial charge in [-0.25, -0.2) is 5.10 Å². The number of hydrogen-bond donors (Lipinski definition) is 1. The standard InChI is InChI=1S/C12H13N3O/c1-15(9-10-5-3-2-4-6-10)11-7-8-12(16)14-13-11/h2-8H,9H2,1H3,(H,14,16). The summed E-state index contributed by atoms with van der Waals surface area (Å²) in [7, 11) is 1.94. The Bertz CT molecular complexity index is 487. The third-order valence-electron chi connectivity index (χ3n) is 2.32. The third kappa shape index (κ3) is 2.48. The molecule has 1 heterocycles. The van der Waals surface area contributed by atoms with Gasteiger partial charge >= 0.3 is 0 Å². The summed E-state index contributed by atoms with van der Waals surface area (Å²) in [4.78, 5) is 12.8. The topological polar surface area (TPSA) is 49.0 Å². The molecular weight excluding hydrogens is 202 g/mol. The average molecular weight is 215 g/mol. The Kier molecular flexibility index (Phi) is 3.00. The molecule has 4 heteroatoms. The van der Waals surface area contributed by atoms with E-state index in [2.05, 4.69) is 22.3 Å². The van der Waals surface area contributed by atoms with Crippen LogP contribution in [0.1, 0.15) is 5.56 Å². The molecule has 0 spiro atoms. The van der Waals surface area contributed by atoms with Gasteiger partial charge in [0, 0.05) is 19.7 Å². The van der Waals surface area contributed by atoms with E-state index >= 15 is 0 Å². The molecule has 0 aliphatic heterocycles. The third-order valence-corrected chi connectivity index (χ3v) is 2.32. The maximum absolute atomic E-state index is 10.9. The van der Waals surface area contributed by atoms with Crippen LogP contribution in [0.25, 0.3) is 0 Å². The first-order chi connectivity index (χ1) is 7.75. The van der Waals surface area contributed by atoms with Crippen LogP contribution in [0.4, 0.5) is 5.82 Å². The highest BCUT2D eigenvalue weighted by atomic mass is 16.1. The van der Waals surface area contributed by atoms with E-state index in [9.17, 15) is 4.79 Å². The molecule has 0 amide bonds. The van der Waals surface area contributed by atoms with Crippen molar-refractivity contribution in [1.29, 1.82) is 0 Å². The Morgan fingerprint density at radius 1 is 1.19 bits per heavy atom. The highest BCUT2D eigenvalue weighted by molar-refractivity contribution is 5.36. The Morgan fingerprint density at radius 2 is 1.94 bits per heavy atom. The second-order valence-corrected chi connectivity index (χ2v) is 3.62. The minimum atomic E-state index is -0.183. The molecule has 82 valence electrons. The monoisotopic (exact) mass is 215 g/mol. The number of nitrogens with zero attached hydrogens (tertiary/aromatic N) is 2. The molecule has 0 radical (unpaired) electrons. The van der Waals surface area contributed by atoms with Crippen molar-refractivity contribution in [3.63, 3.8) is 0 Å². The van der Waals surface area contributed by atoms with E-state index < -0.39 is 0 Å². The summed E-state index contributed by atoms with van der Waals surface area (Å²) >= 11 is 0. The van der Waals surface area contributed by atoms with Gasteiger partial charge in [0.1, 0.15) is 5.82 Å². The summed E-state index contributed by atoms with van der Waals surface area (Å²) in [6, 6.07) is 13.3. The second kappa shape index (κ2) is 4.61. The molecule has 0 aliphatic carbocycles. The van der Waals surface area contributed by atoms with Crippen molar-refractivity contribution in [2.75, 3.05) is 11.9 Å². The molecule has 2 rings (SSSR count). The van der Waals surface area contributed by atoms with Crippen LogP contribution < -0.4 is 10.5 Å². The number of aromatic nitrogens is 2. The first-order valence-electron chi connectivity index (χ1n) is 5.06. The van der Waals surface area contributed by atoms with E-state index in [0.29, 0.717) is 0 Å². The molecule has 0 fully saturated rings. The largest absolute Gasteiger partial charge is 0.354 e. The maximum Gasteiger partial charge on any atom is 0.264 e. The van der Waals surface area contributed by atoms with E-state index in [1.165, 1.54) is 11.6 Å². The van der Waals surface area contributed by atoms with Crippen molar-refractivity contribution in [2.45, 2.75) is 6.54 Å². The lowest BCUT2D eigenvalue weighted by molar-refractivity contribution is 0.857. The molecule has 0 saturated carbocycles. The minimum Gasteiger partial charge on any atom is -0.354 e. The number of anilines is 1. The van der Waals surface area contributed by atoms with Crippen LogP contribution in [0.5, 0.6) is 0 Å². The highest BCUT2D eigenvalue weighted by Crippen LogP contribution is 2.09. The molecule has 1 aromatic heterocycles. The second-order valence-electron chi connectivity index (χ2n) is 3.62. The number of aromatic amines is 1. The Morgan fingerprint density at radius 3 is 2.56 bits per heavy atom. The lowest BCUT2D eigenvalue weighted by atomic mass is 10.2. The maximum atomic E-state index is 10.9. The Balaban J connectivity index is 2.11. The first-order valence-corrected chi connectivity index (χ1v) is 5.06. The van der Waals surface area contributed by atoms with E-state index in [-0.39, 0.29) is 5.56 Å². The molecule has 0 saturated heterocycles. The zero-order valence-electron chi connectivity index (χ0n) is 9.05. The van der Waals surface area contributed by atoms with Crippen molar-refractivity contribution in [2.24, 2.45) is 0 Å². The Hall–Kier alpha value is -2.10. The van der Waals surface area contributed by atoms with Gasteiger partial charge in [0.2, 0.25) is 0 Å². The summed E-state index contributed by atoms with van der Waals surface area (Å²) in [6.07, 6.45) is 0. The van der Waals surface area contributed by atoms with Crippen molar-refractivity contribution >= 4 is 5.82 Å². The van der Waals surface area contributed by atoms with Crippen molar-refractivity contribution < 1.29 is 0 Å². The van der Waals surface area contributed by atoms with Crippen molar-refractivity contribution in [1.82, 2.24) is 10.2 Å². The summed E-state index contributed by atoms with van der Waals surface area (Å²) in [5.41, 5.74) is 1.02. The highest BCUT2D eigenvalue weighted by Gasteiger charge is 2.02. The zero-order valence-corrected chi connectivity index (χ0v) is 9.05. The van der Waals surface area contributed by atoms with E-state index in [0.717, 1.165) is 12.4 Å². The van der Waals surface area contributed by atoms with Crippen LogP contribution in [0.15, 0.2) is 47.3 Å². The van der Waals surface area contributed by atoms with Crippen LogP contribution in [-0.4, -0.2) is 17.2 Å². The lowest BCUT2D eigenvalue weighted by Gasteiger charge is -2.17. The normalized spacial score (nSPS) is 10.1. The predicted molar refractivity (Wildman–Crippen MR) is 63.4 cm³/mol. The molecule has 16 heavy (non-hydrogen) atoms. The van der Waals surface area contributed by atoms with Crippen LogP contribution in [0, 0.1) is 0 Å². The summed E-state index contributed by atoms with van der Waals surface area (Å²) < 4.78 is 0. The molecule has 1 aromatic carbocycles. The molecule has 1 N–H and O–H groups in total. The molecule has 0 aliphatic rings. The number of nitrogens with one attached hydrogen (secondary N) is 1. The van der Waals surface area contributed by atoms with Crippen LogP contribution in [-0.2, 0) is 6.54 Å². The van der Waals surface area contributed by atoms with Gasteiger partial charge in [-0.2, -0.15) is 5.10 Å². The Labute approximate surface area is 93.5 Å². The fourth-order valence-electron chi connectivity index (χ4n) is 1.49. The number of rotatable bonds is 3.